The Kier molecular flexibility index (Phi) is 13.1. The van der Waals surface area contributed by atoms with Crippen LogP contribution >= 0.6 is 0 Å². The van der Waals surface area contributed by atoms with Gasteiger partial charge in [-0.3, -0.25) is 14.4 Å². The van der Waals surface area contributed by atoms with E-state index in [1.54, 1.807) is 20.8 Å². The van der Waals surface area contributed by atoms with E-state index in [9.17, 15) is 24.3 Å². The first-order valence-electron chi connectivity index (χ1n) is 11.7. The number of carbonyl (C=O) groups excluding carboxylic acids is 3. The summed E-state index contributed by atoms with van der Waals surface area (Å²) in [4.78, 5) is 50.1. The van der Waals surface area contributed by atoms with Crippen LogP contribution in [0.25, 0.3) is 0 Å². The Morgan fingerprint density at radius 3 is 1.53 bits per heavy atom. The van der Waals surface area contributed by atoms with Crippen LogP contribution in [0.4, 0.5) is 0 Å². The van der Waals surface area contributed by atoms with Gasteiger partial charge in [0.05, 0.1) is 6.04 Å². The summed E-state index contributed by atoms with van der Waals surface area (Å²) in [7, 11) is 0. The molecule has 0 fully saturated rings. The molecule has 32 heavy (non-hydrogen) atoms. The molecule has 0 saturated heterocycles. The molecule has 9 heteroatoms. The van der Waals surface area contributed by atoms with Crippen LogP contribution in [0.2, 0.25) is 0 Å². The minimum atomic E-state index is -1.12. The number of nitrogens with two attached hydrogens (primary N) is 1. The molecule has 0 aromatic heterocycles. The fourth-order valence-electron chi connectivity index (χ4n) is 3.28. The Morgan fingerprint density at radius 1 is 0.719 bits per heavy atom. The highest BCUT2D eigenvalue weighted by atomic mass is 16.4. The number of carbonyl (C=O) groups is 4. The molecule has 6 unspecified atom stereocenters. The van der Waals surface area contributed by atoms with Crippen molar-refractivity contribution in [2.24, 2.45) is 29.4 Å². The van der Waals surface area contributed by atoms with E-state index >= 15 is 0 Å². The highest BCUT2D eigenvalue weighted by Gasteiger charge is 2.34. The Balaban J connectivity index is 5.52. The van der Waals surface area contributed by atoms with Gasteiger partial charge in [0, 0.05) is 0 Å². The van der Waals surface area contributed by atoms with Gasteiger partial charge in [-0.15, -0.1) is 0 Å². The van der Waals surface area contributed by atoms with Gasteiger partial charge in [0.1, 0.15) is 18.1 Å². The van der Waals surface area contributed by atoms with E-state index in [2.05, 4.69) is 16.0 Å². The largest absolute Gasteiger partial charge is 0.480 e. The summed E-state index contributed by atoms with van der Waals surface area (Å²) in [6.45, 7) is 14.8. The molecule has 6 N–H and O–H groups in total. The Hall–Kier alpha value is -2.16. The van der Waals surface area contributed by atoms with E-state index in [-0.39, 0.29) is 23.7 Å². The molecule has 6 atom stereocenters. The molecule has 0 aliphatic heterocycles. The standard InChI is InChI=1S/C23H44N4O5/c1-9-14(7)18(22(30)27-19(23(31)32)15(8)10-2)26-21(29)17(13(5)6)25-20(28)16(24)11-12(3)4/h12-19H,9-11,24H2,1-8H3,(H,25,28)(H,26,29)(H,27,30)(H,31,32). The van der Waals surface area contributed by atoms with E-state index in [1.807, 2.05) is 34.6 Å². The molecule has 0 spiro atoms. The first kappa shape index (κ1) is 29.8. The van der Waals surface area contributed by atoms with E-state index in [1.165, 1.54) is 0 Å². The van der Waals surface area contributed by atoms with Crippen molar-refractivity contribution in [1.82, 2.24) is 16.0 Å². The summed E-state index contributed by atoms with van der Waals surface area (Å²) in [5.74, 6) is -3.10. The third-order valence-electron chi connectivity index (χ3n) is 5.88. The van der Waals surface area contributed by atoms with E-state index in [4.69, 9.17) is 5.73 Å². The molecule has 0 heterocycles. The molecule has 0 aliphatic carbocycles. The molecule has 0 radical (unpaired) electrons. The van der Waals surface area contributed by atoms with Crippen LogP contribution in [0.5, 0.6) is 0 Å². The summed E-state index contributed by atoms with van der Waals surface area (Å²) in [5.41, 5.74) is 5.95. The van der Waals surface area contributed by atoms with Crippen molar-refractivity contribution in [3.8, 4) is 0 Å². The molecular weight excluding hydrogens is 412 g/mol. The van der Waals surface area contributed by atoms with Gasteiger partial charge >= 0.3 is 5.97 Å². The summed E-state index contributed by atoms with van der Waals surface area (Å²) in [5, 5.41) is 17.5. The van der Waals surface area contributed by atoms with Crippen LogP contribution in [-0.2, 0) is 19.2 Å². The molecular formula is C23H44N4O5. The first-order valence-corrected chi connectivity index (χ1v) is 11.7. The topological polar surface area (TPSA) is 151 Å². The number of hydrogen-bond acceptors (Lipinski definition) is 5. The molecule has 0 bridgehead atoms. The number of amides is 3. The molecule has 0 aromatic rings. The van der Waals surface area contributed by atoms with Crippen molar-refractivity contribution < 1.29 is 24.3 Å². The van der Waals surface area contributed by atoms with Crippen molar-refractivity contribution in [2.45, 2.75) is 98.8 Å². The second-order valence-corrected chi connectivity index (χ2v) is 9.55. The predicted octanol–water partition coefficient (Wildman–Crippen LogP) is 1.65. The van der Waals surface area contributed by atoms with Gasteiger partial charge in [0.25, 0.3) is 0 Å². The molecule has 0 saturated carbocycles. The third-order valence-corrected chi connectivity index (χ3v) is 5.88. The van der Waals surface area contributed by atoms with E-state index in [0.717, 1.165) is 0 Å². The predicted molar refractivity (Wildman–Crippen MR) is 125 cm³/mol. The molecule has 0 aliphatic rings. The maximum atomic E-state index is 13.0. The van der Waals surface area contributed by atoms with Gasteiger partial charge in [0.2, 0.25) is 17.7 Å². The number of carboxylic acid groups (broad SMARTS) is 1. The van der Waals surface area contributed by atoms with Gasteiger partial charge in [-0.2, -0.15) is 0 Å². The average molecular weight is 457 g/mol. The monoisotopic (exact) mass is 456 g/mol. The summed E-state index contributed by atoms with van der Waals surface area (Å²) in [6, 6.07) is -3.58. The number of aliphatic carboxylic acids is 1. The smallest absolute Gasteiger partial charge is 0.326 e. The Bertz CT molecular complexity index is 638. The highest BCUT2D eigenvalue weighted by molar-refractivity contribution is 5.94. The number of nitrogens with one attached hydrogen (secondary N) is 3. The number of hydrogen-bond donors (Lipinski definition) is 5. The van der Waals surface area contributed by atoms with Crippen LogP contribution in [0.1, 0.15) is 74.7 Å². The van der Waals surface area contributed by atoms with Gasteiger partial charge < -0.3 is 26.8 Å². The van der Waals surface area contributed by atoms with Crippen molar-refractivity contribution in [1.29, 1.82) is 0 Å². The third kappa shape index (κ3) is 9.54. The van der Waals surface area contributed by atoms with Crippen molar-refractivity contribution >= 4 is 23.7 Å². The van der Waals surface area contributed by atoms with Gasteiger partial charge in [-0.1, -0.05) is 68.2 Å². The zero-order valence-corrected chi connectivity index (χ0v) is 20.9. The van der Waals surface area contributed by atoms with Crippen molar-refractivity contribution in [3.05, 3.63) is 0 Å². The van der Waals surface area contributed by atoms with Crippen LogP contribution < -0.4 is 21.7 Å². The lowest BCUT2D eigenvalue weighted by Gasteiger charge is -2.30. The van der Waals surface area contributed by atoms with Crippen molar-refractivity contribution in [3.63, 3.8) is 0 Å². The molecule has 0 aromatic carbocycles. The van der Waals surface area contributed by atoms with E-state index < -0.39 is 47.9 Å². The fraction of sp³-hybridized carbons (Fsp3) is 0.826. The zero-order chi connectivity index (χ0) is 25.2. The summed E-state index contributed by atoms with van der Waals surface area (Å²) >= 11 is 0. The SMILES string of the molecule is CCC(C)C(NC(=O)C(NC(=O)C(NC(=O)C(N)CC(C)C)C(C)C)C(C)CC)C(=O)O. The number of rotatable bonds is 14. The lowest BCUT2D eigenvalue weighted by molar-refractivity contribution is -0.144. The maximum absolute atomic E-state index is 13.0. The second kappa shape index (κ2) is 14.1. The second-order valence-electron chi connectivity index (χ2n) is 9.55. The quantitative estimate of drug-likeness (QED) is 0.268. The van der Waals surface area contributed by atoms with Gasteiger partial charge in [-0.05, 0) is 30.1 Å². The lowest BCUT2D eigenvalue weighted by Crippen LogP contribution is -2.60. The molecule has 186 valence electrons. The highest BCUT2D eigenvalue weighted by Crippen LogP contribution is 2.13. The number of carboxylic acids is 1. The zero-order valence-electron chi connectivity index (χ0n) is 20.9. The molecule has 9 nitrogen and oxygen atoms in total. The minimum Gasteiger partial charge on any atom is -0.480 e. The Labute approximate surface area is 192 Å². The molecule has 3 amide bonds. The summed E-state index contributed by atoms with van der Waals surface area (Å²) in [6.07, 6.45) is 1.66. The maximum Gasteiger partial charge on any atom is 0.326 e. The Morgan fingerprint density at radius 2 is 1.12 bits per heavy atom. The first-order chi connectivity index (χ1) is 14.8. The summed E-state index contributed by atoms with van der Waals surface area (Å²) < 4.78 is 0. The van der Waals surface area contributed by atoms with E-state index in [0.29, 0.717) is 19.3 Å². The van der Waals surface area contributed by atoms with Crippen LogP contribution in [0.3, 0.4) is 0 Å². The van der Waals surface area contributed by atoms with Crippen LogP contribution in [0.15, 0.2) is 0 Å². The average Bonchev–Trinajstić information content (AvgIpc) is 2.71. The van der Waals surface area contributed by atoms with Gasteiger partial charge in [0.15, 0.2) is 0 Å². The van der Waals surface area contributed by atoms with Gasteiger partial charge in [-0.25, -0.2) is 4.79 Å². The molecule has 0 rings (SSSR count). The lowest BCUT2D eigenvalue weighted by atomic mass is 9.94. The minimum absolute atomic E-state index is 0.230. The van der Waals surface area contributed by atoms with Crippen LogP contribution in [0, 0.1) is 23.7 Å². The van der Waals surface area contributed by atoms with Crippen molar-refractivity contribution in [2.75, 3.05) is 0 Å². The van der Waals surface area contributed by atoms with Crippen LogP contribution in [-0.4, -0.2) is 53.0 Å². The normalized spacial score (nSPS) is 17.1. The fourth-order valence-corrected chi connectivity index (χ4v) is 3.28.